The Labute approximate surface area is 173 Å². The van der Waals surface area contributed by atoms with Crippen molar-refractivity contribution < 1.29 is 4.74 Å². The van der Waals surface area contributed by atoms with Crippen molar-refractivity contribution in [3.05, 3.63) is 59.5 Å². The molecule has 0 spiro atoms. The number of H-pyrrole nitrogens is 1. The molecule has 1 aromatic carbocycles. The number of benzene rings is 1. The van der Waals surface area contributed by atoms with E-state index in [-0.39, 0.29) is 0 Å². The van der Waals surface area contributed by atoms with Crippen LogP contribution in [-0.2, 0) is 13.1 Å². The van der Waals surface area contributed by atoms with E-state index >= 15 is 0 Å². The Hall–Kier alpha value is -2.37. The van der Waals surface area contributed by atoms with Gasteiger partial charge in [-0.2, -0.15) is 0 Å². The van der Waals surface area contributed by atoms with Crippen LogP contribution in [0, 0.1) is 6.92 Å². The zero-order valence-electron chi connectivity index (χ0n) is 17.8. The standard InChI is InChI=1S/C24H32N4O/c1-4-28-12-6-8-20(28)16-27(15-19-7-5-11-25-14-19)17-24-18(2)22-13-21(29-3)9-10-23(22)26-24/h5,7,9-11,13-14,20,26H,4,6,8,12,15-17H2,1-3H3. The molecule has 1 fully saturated rings. The van der Waals surface area contributed by atoms with Gasteiger partial charge >= 0.3 is 0 Å². The van der Waals surface area contributed by atoms with E-state index in [4.69, 9.17) is 4.74 Å². The van der Waals surface area contributed by atoms with Crippen LogP contribution < -0.4 is 4.74 Å². The van der Waals surface area contributed by atoms with Crippen LogP contribution in [0.1, 0.15) is 36.6 Å². The number of aryl methyl sites for hydroxylation is 1. The lowest BCUT2D eigenvalue weighted by atomic mass is 10.1. The summed E-state index contributed by atoms with van der Waals surface area (Å²) in [4.78, 5) is 13.2. The number of nitrogens with zero attached hydrogens (tertiary/aromatic N) is 3. The quantitative estimate of drug-likeness (QED) is 0.618. The van der Waals surface area contributed by atoms with E-state index in [1.807, 2.05) is 24.5 Å². The number of nitrogens with one attached hydrogen (secondary N) is 1. The van der Waals surface area contributed by atoms with Crippen LogP contribution >= 0.6 is 0 Å². The molecule has 1 unspecified atom stereocenters. The Bertz CT molecular complexity index is 937. The van der Waals surface area contributed by atoms with E-state index in [9.17, 15) is 0 Å². The lowest BCUT2D eigenvalue weighted by molar-refractivity contribution is 0.164. The number of ether oxygens (including phenoxy) is 1. The summed E-state index contributed by atoms with van der Waals surface area (Å²) in [5.41, 5.74) is 5.05. The van der Waals surface area contributed by atoms with Crippen molar-refractivity contribution in [3.8, 4) is 5.75 Å². The molecule has 0 bridgehead atoms. The monoisotopic (exact) mass is 392 g/mol. The van der Waals surface area contributed by atoms with Gasteiger partial charge in [0, 0.05) is 54.7 Å². The minimum Gasteiger partial charge on any atom is -0.497 e. The molecule has 29 heavy (non-hydrogen) atoms. The predicted octanol–water partition coefficient (Wildman–Crippen LogP) is 4.37. The summed E-state index contributed by atoms with van der Waals surface area (Å²) >= 11 is 0. The zero-order valence-corrected chi connectivity index (χ0v) is 17.8. The highest BCUT2D eigenvalue weighted by Gasteiger charge is 2.26. The number of aromatic amines is 1. The van der Waals surface area contributed by atoms with Crippen LogP contribution in [0.15, 0.2) is 42.7 Å². The number of methoxy groups -OCH3 is 1. The Kier molecular flexibility index (Phi) is 6.16. The highest BCUT2D eigenvalue weighted by molar-refractivity contribution is 5.85. The van der Waals surface area contributed by atoms with Gasteiger partial charge in [-0.15, -0.1) is 0 Å². The number of likely N-dealkylation sites (N-methyl/N-ethyl adjacent to an activating group) is 1. The average Bonchev–Trinajstić information content (AvgIpc) is 3.32. The second-order valence-corrected chi connectivity index (χ2v) is 8.10. The summed E-state index contributed by atoms with van der Waals surface area (Å²) < 4.78 is 5.42. The Morgan fingerprint density at radius 3 is 2.93 bits per heavy atom. The fraction of sp³-hybridized carbons (Fsp3) is 0.458. The van der Waals surface area contributed by atoms with Gasteiger partial charge in [-0.1, -0.05) is 13.0 Å². The van der Waals surface area contributed by atoms with Gasteiger partial charge in [-0.3, -0.25) is 14.8 Å². The molecule has 2 aromatic heterocycles. The summed E-state index contributed by atoms with van der Waals surface area (Å²) in [6, 6.07) is 11.1. The molecular formula is C24H32N4O. The van der Waals surface area contributed by atoms with E-state index in [2.05, 4.69) is 51.8 Å². The highest BCUT2D eigenvalue weighted by Crippen LogP contribution is 2.27. The second-order valence-electron chi connectivity index (χ2n) is 8.10. The van der Waals surface area contributed by atoms with Crippen LogP contribution in [0.3, 0.4) is 0 Å². The first-order chi connectivity index (χ1) is 14.2. The van der Waals surface area contributed by atoms with Gasteiger partial charge in [0.15, 0.2) is 0 Å². The van der Waals surface area contributed by atoms with Crippen molar-refractivity contribution in [1.82, 2.24) is 19.8 Å². The van der Waals surface area contributed by atoms with Crippen molar-refractivity contribution in [3.63, 3.8) is 0 Å². The number of rotatable bonds is 8. The van der Waals surface area contributed by atoms with Crippen molar-refractivity contribution in [1.29, 1.82) is 0 Å². The SMILES string of the molecule is CCN1CCCC1CN(Cc1cccnc1)Cc1[nH]c2ccc(OC)cc2c1C. The van der Waals surface area contributed by atoms with Gasteiger partial charge in [0.05, 0.1) is 7.11 Å². The molecule has 5 nitrogen and oxygen atoms in total. The van der Waals surface area contributed by atoms with E-state index in [1.165, 1.54) is 47.1 Å². The molecule has 0 amide bonds. The summed E-state index contributed by atoms with van der Waals surface area (Å²) in [5, 5.41) is 1.25. The summed E-state index contributed by atoms with van der Waals surface area (Å²) in [6.45, 7) is 9.76. The van der Waals surface area contributed by atoms with Gasteiger partial charge in [-0.05, 0) is 68.2 Å². The number of pyridine rings is 1. The highest BCUT2D eigenvalue weighted by atomic mass is 16.5. The van der Waals surface area contributed by atoms with Crippen LogP contribution in [0.4, 0.5) is 0 Å². The summed E-state index contributed by atoms with van der Waals surface area (Å²) in [6.07, 6.45) is 6.44. The lowest BCUT2D eigenvalue weighted by Gasteiger charge is -2.30. The van der Waals surface area contributed by atoms with Gasteiger partial charge in [0.1, 0.15) is 5.75 Å². The van der Waals surface area contributed by atoms with Crippen molar-refractivity contribution in [2.24, 2.45) is 0 Å². The van der Waals surface area contributed by atoms with Crippen LogP contribution in [0.2, 0.25) is 0 Å². The molecular weight excluding hydrogens is 360 g/mol. The van der Waals surface area contributed by atoms with Gasteiger partial charge in [0.2, 0.25) is 0 Å². The Balaban J connectivity index is 1.59. The van der Waals surface area contributed by atoms with Crippen molar-refractivity contribution in [2.75, 3.05) is 26.7 Å². The van der Waals surface area contributed by atoms with Gasteiger partial charge in [0.25, 0.3) is 0 Å². The van der Waals surface area contributed by atoms with Crippen LogP contribution in [0.5, 0.6) is 5.75 Å². The molecule has 0 saturated carbocycles. The van der Waals surface area contributed by atoms with Gasteiger partial charge < -0.3 is 9.72 Å². The third-order valence-corrected chi connectivity index (χ3v) is 6.25. The van der Waals surface area contributed by atoms with Crippen LogP contribution in [0.25, 0.3) is 10.9 Å². The Morgan fingerprint density at radius 2 is 2.17 bits per heavy atom. The van der Waals surface area contributed by atoms with Crippen LogP contribution in [-0.4, -0.2) is 52.6 Å². The van der Waals surface area contributed by atoms with E-state index in [0.29, 0.717) is 6.04 Å². The minimum atomic E-state index is 0.640. The molecule has 1 aliphatic heterocycles. The first kappa shape index (κ1) is 19.9. The molecule has 1 aliphatic rings. The molecule has 1 atom stereocenters. The molecule has 0 aliphatic carbocycles. The molecule has 5 heteroatoms. The van der Waals surface area contributed by atoms with E-state index in [0.717, 1.165) is 31.9 Å². The van der Waals surface area contributed by atoms with Crippen molar-refractivity contribution >= 4 is 10.9 Å². The fourth-order valence-electron chi connectivity index (χ4n) is 4.62. The van der Waals surface area contributed by atoms with Gasteiger partial charge in [-0.25, -0.2) is 0 Å². The topological polar surface area (TPSA) is 44.4 Å². The largest absolute Gasteiger partial charge is 0.497 e. The first-order valence-electron chi connectivity index (χ1n) is 10.7. The predicted molar refractivity (Wildman–Crippen MR) is 118 cm³/mol. The molecule has 4 rings (SSSR count). The normalized spacial score (nSPS) is 17.4. The molecule has 154 valence electrons. The maximum atomic E-state index is 5.42. The third kappa shape index (κ3) is 4.46. The zero-order chi connectivity index (χ0) is 20.2. The maximum Gasteiger partial charge on any atom is 0.119 e. The summed E-state index contributed by atoms with van der Waals surface area (Å²) in [7, 11) is 1.72. The number of fused-ring (bicyclic) bond motifs is 1. The third-order valence-electron chi connectivity index (χ3n) is 6.25. The molecule has 1 N–H and O–H groups in total. The Morgan fingerprint density at radius 1 is 1.28 bits per heavy atom. The van der Waals surface area contributed by atoms with Crippen molar-refractivity contribution in [2.45, 2.75) is 45.8 Å². The smallest absolute Gasteiger partial charge is 0.119 e. The molecule has 3 aromatic rings. The molecule has 0 radical (unpaired) electrons. The minimum absolute atomic E-state index is 0.640. The lowest BCUT2D eigenvalue weighted by Crippen LogP contribution is -2.40. The maximum absolute atomic E-state index is 5.42. The first-order valence-corrected chi connectivity index (χ1v) is 10.7. The molecule has 3 heterocycles. The summed E-state index contributed by atoms with van der Waals surface area (Å²) in [5.74, 6) is 0.905. The number of aromatic nitrogens is 2. The number of hydrogen-bond acceptors (Lipinski definition) is 4. The number of hydrogen-bond donors (Lipinski definition) is 1. The van der Waals surface area contributed by atoms with E-state index in [1.54, 1.807) is 7.11 Å². The second kappa shape index (κ2) is 8.97. The van der Waals surface area contributed by atoms with E-state index < -0.39 is 0 Å². The average molecular weight is 393 g/mol. The molecule has 1 saturated heterocycles. The fourth-order valence-corrected chi connectivity index (χ4v) is 4.62. The number of likely N-dealkylation sites (tertiary alicyclic amines) is 1.